The monoisotopic (exact) mass is 346 g/mol. The highest BCUT2D eigenvalue weighted by atomic mass is 79.9. The Morgan fingerprint density at radius 3 is 2.52 bits per heavy atom. The summed E-state index contributed by atoms with van der Waals surface area (Å²) in [4.78, 5) is 13.9. The van der Waals surface area contributed by atoms with Gasteiger partial charge in [-0.3, -0.25) is 4.79 Å². The smallest absolute Gasteiger partial charge is 0.259 e. The second-order valence-corrected chi connectivity index (χ2v) is 5.15. The normalized spacial score (nSPS) is 9.95. The Morgan fingerprint density at radius 2 is 1.86 bits per heavy atom. The fraction of sp³-hybridized carbons (Fsp3) is 0.125. The highest BCUT2D eigenvalue weighted by Gasteiger charge is 2.21. The van der Waals surface area contributed by atoms with Gasteiger partial charge in [-0.1, -0.05) is 24.3 Å². The molecule has 5 heteroatoms. The van der Waals surface area contributed by atoms with Crippen molar-refractivity contribution in [3.05, 3.63) is 64.4 Å². The van der Waals surface area contributed by atoms with E-state index in [1.165, 1.54) is 17.0 Å². The molecule has 0 atom stereocenters. The van der Waals surface area contributed by atoms with Crippen molar-refractivity contribution in [2.75, 3.05) is 11.4 Å². The zero-order chi connectivity index (χ0) is 15.2. The molecule has 0 spiro atoms. The van der Waals surface area contributed by atoms with Gasteiger partial charge in [0, 0.05) is 11.0 Å². The minimum Gasteiger partial charge on any atom is -0.304 e. The van der Waals surface area contributed by atoms with Gasteiger partial charge in [-0.05, 0) is 40.2 Å². The lowest BCUT2D eigenvalue weighted by Gasteiger charge is -2.22. The van der Waals surface area contributed by atoms with Crippen molar-refractivity contribution in [1.82, 2.24) is 0 Å². The van der Waals surface area contributed by atoms with Gasteiger partial charge in [-0.25, -0.2) is 4.39 Å². The minimum atomic E-state index is -0.490. The maximum Gasteiger partial charge on any atom is 0.259 e. The van der Waals surface area contributed by atoms with Crippen molar-refractivity contribution >= 4 is 27.5 Å². The number of carbonyl (C=O) groups is 1. The number of hydrogen-bond donors (Lipinski definition) is 0. The van der Waals surface area contributed by atoms with E-state index in [1.807, 2.05) is 6.07 Å². The van der Waals surface area contributed by atoms with E-state index in [2.05, 4.69) is 15.9 Å². The topological polar surface area (TPSA) is 44.1 Å². The molecule has 0 aliphatic heterocycles. The number of nitriles is 1. The molecule has 2 rings (SSSR count). The number of carbonyl (C=O) groups excluding carboxylic acids is 1. The fourth-order valence-electron chi connectivity index (χ4n) is 1.94. The van der Waals surface area contributed by atoms with Crippen molar-refractivity contribution in [2.24, 2.45) is 0 Å². The summed E-state index contributed by atoms with van der Waals surface area (Å²) in [7, 11) is 0. The fourth-order valence-corrected chi connectivity index (χ4v) is 2.40. The van der Waals surface area contributed by atoms with E-state index in [1.54, 1.807) is 36.4 Å². The lowest BCUT2D eigenvalue weighted by molar-refractivity contribution is 0.0986. The van der Waals surface area contributed by atoms with Gasteiger partial charge in [-0.2, -0.15) is 5.26 Å². The van der Waals surface area contributed by atoms with Crippen LogP contribution in [0.1, 0.15) is 16.8 Å². The lowest BCUT2D eigenvalue weighted by Crippen LogP contribution is -2.32. The van der Waals surface area contributed by atoms with E-state index in [-0.39, 0.29) is 24.6 Å². The van der Waals surface area contributed by atoms with Crippen LogP contribution in [-0.4, -0.2) is 12.5 Å². The minimum absolute atomic E-state index is 0.129. The predicted octanol–water partition coefficient (Wildman–Crippen LogP) is 4.15. The van der Waals surface area contributed by atoms with Gasteiger partial charge in [0.1, 0.15) is 5.82 Å². The van der Waals surface area contributed by atoms with Gasteiger partial charge < -0.3 is 4.90 Å². The number of halogens is 2. The first-order valence-corrected chi connectivity index (χ1v) is 7.12. The van der Waals surface area contributed by atoms with Crippen LogP contribution in [0.15, 0.2) is 53.0 Å². The van der Waals surface area contributed by atoms with Crippen LogP contribution in [0.2, 0.25) is 0 Å². The van der Waals surface area contributed by atoms with Crippen LogP contribution in [0.5, 0.6) is 0 Å². The van der Waals surface area contributed by atoms with Crippen LogP contribution in [0.4, 0.5) is 10.1 Å². The van der Waals surface area contributed by atoms with Gasteiger partial charge in [0.05, 0.1) is 23.7 Å². The molecule has 0 radical (unpaired) electrons. The lowest BCUT2D eigenvalue weighted by atomic mass is 10.1. The molecule has 0 unspecified atom stereocenters. The quantitative estimate of drug-likeness (QED) is 0.834. The summed E-state index contributed by atoms with van der Waals surface area (Å²) < 4.78 is 14.6. The molecular weight excluding hydrogens is 335 g/mol. The summed E-state index contributed by atoms with van der Waals surface area (Å²) in [6.07, 6.45) is 0.129. The van der Waals surface area contributed by atoms with E-state index in [0.29, 0.717) is 10.0 Å². The van der Waals surface area contributed by atoms with Gasteiger partial charge in [0.25, 0.3) is 5.91 Å². The summed E-state index contributed by atoms with van der Waals surface area (Å²) in [5.41, 5.74) is 0.604. The molecular formula is C16H12BrFN2O. The zero-order valence-corrected chi connectivity index (χ0v) is 12.7. The van der Waals surface area contributed by atoms with E-state index in [0.717, 1.165) is 0 Å². The van der Waals surface area contributed by atoms with Crippen LogP contribution >= 0.6 is 15.9 Å². The summed E-state index contributed by atoms with van der Waals surface area (Å²) in [6, 6.07) is 15.0. The molecule has 0 aliphatic rings. The van der Waals surface area contributed by atoms with E-state index in [4.69, 9.17) is 5.26 Å². The second-order valence-electron chi connectivity index (χ2n) is 4.30. The molecule has 21 heavy (non-hydrogen) atoms. The van der Waals surface area contributed by atoms with Crippen LogP contribution in [0.25, 0.3) is 0 Å². The van der Waals surface area contributed by atoms with Crippen molar-refractivity contribution in [3.8, 4) is 6.07 Å². The Hall–Kier alpha value is -2.19. The van der Waals surface area contributed by atoms with Crippen molar-refractivity contribution in [1.29, 1.82) is 5.26 Å². The summed E-state index contributed by atoms with van der Waals surface area (Å²) >= 11 is 3.32. The largest absolute Gasteiger partial charge is 0.304 e. The first kappa shape index (κ1) is 15.2. The predicted molar refractivity (Wildman–Crippen MR) is 82.4 cm³/mol. The number of para-hydroxylation sites is 1. The molecule has 2 aromatic rings. The van der Waals surface area contributed by atoms with Crippen LogP contribution in [0.3, 0.4) is 0 Å². The summed E-state index contributed by atoms with van der Waals surface area (Å²) in [5, 5.41) is 8.75. The Labute approximate surface area is 130 Å². The SMILES string of the molecule is N#CCCN(C(=O)c1ccccc1Br)c1ccccc1F. The highest BCUT2D eigenvalue weighted by molar-refractivity contribution is 9.10. The third-order valence-corrected chi connectivity index (χ3v) is 3.63. The molecule has 0 N–H and O–H groups in total. The van der Waals surface area contributed by atoms with Crippen molar-refractivity contribution in [2.45, 2.75) is 6.42 Å². The molecule has 0 aliphatic carbocycles. The highest BCUT2D eigenvalue weighted by Crippen LogP contribution is 2.24. The summed E-state index contributed by atoms with van der Waals surface area (Å²) in [6.45, 7) is 0.137. The van der Waals surface area contributed by atoms with Gasteiger partial charge >= 0.3 is 0 Å². The molecule has 0 fully saturated rings. The Morgan fingerprint density at radius 1 is 1.19 bits per heavy atom. The molecule has 0 saturated heterocycles. The number of hydrogen-bond acceptors (Lipinski definition) is 2. The molecule has 2 aromatic carbocycles. The molecule has 3 nitrogen and oxygen atoms in total. The number of benzene rings is 2. The first-order chi connectivity index (χ1) is 10.1. The number of anilines is 1. The van der Waals surface area contributed by atoms with Crippen LogP contribution in [-0.2, 0) is 0 Å². The molecule has 106 valence electrons. The Kier molecular flexibility index (Phi) is 5.07. The van der Waals surface area contributed by atoms with Gasteiger partial charge in [0.15, 0.2) is 0 Å². The molecule has 0 aromatic heterocycles. The van der Waals surface area contributed by atoms with E-state index in [9.17, 15) is 9.18 Å². The Balaban J connectivity index is 2.42. The average molecular weight is 347 g/mol. The average Bonchev–Trinajstić information content (AvgIpc) is 2.49. The third kappa shape index (κ3) is 3.47. The van der Waals surface area contributed by atoms with Crippen LogP contribution < -0.4 is 4.90 Å². The van der Waals surface area contributed by atoms with E-state index >= 15 is 0 Å². The van der Waals surface area contributed by atoms with Crippen LogP contribution in [0, 0.1) is 17.1 Å². The standard InChI is InChI=1S/C16H12BrFN2O/c17-13-7-2-1-6-12(13)16(21)20(11-5-10-19)15-9-4-3-8-14(15)18/h1-4,6-9H,5,11H2. The van der Waals surface area contributed by atoms with Crippen molar-refractivity contribution in [3.63, 3.8) is 0 Å². The molecule has 1 amide bonds. The van der Waals surface area contributed by atoms with Crippen molar-refractivity contribution < 1.29 is 9.18 Å². The summed E-state index contributed by atoms with van der Waals surface area (Å²) in [5.74, 6) is -0.835. The first-order valence-electron chi connectivity index (χ1n) is 6.33. The van der Waals surface area contributed by atoms with E-state index < -0.39 is 5.82 Å². The van der Waals surface area contributed by atoms with Gasteiger partial charge in [-0.15, -0.1) is 0 Å². The van der Waals surface area contributed by atoms with Gasteiger partial charge in [0.2, 0.25) is 0 Å². The number of rotatable bonds is 4. The third-order valence-electron chi connectivity index (χ3n) is 2.94. The Bertz CT molecular complexity index is 697. The molecule has 0 heterocycles. The molecule has 0 bridgehead atoms. The maximum atomic E-state index is 14.0. The molecule has 0 saturated carbocycles. The number of amides is 1. The number of nitrogens with zero attached hydrogens (tertiary/aromatic N) is 2. The maximum absolute atomic E-state index is 14.0. The second kappa shape index (κ2) is 7.00. The zero-order valence-electron chi connectivity index (χ0n) is 11.1.